The van der Waals surface area contributed by atoms with Gasteiger partial charge in [0.25, 0.3) is 0 Å². The molecule has 0 spiro atoms. The topological polar surface area (TPSA) is 29.3 Å². The van der Waals surface area contributed by atoms with Crippen LogP contribution in [-0.2, 0) is 0 Å². The van der Waals surface area contributed by atoms with Crippen molar-refractivity contribution in [2.45, 2.75) is 19.3 Å². The minimum atomic E-state index is 0.758. The van der Waals surface area contributed by atoms with Gasteiger partial charge in [-0.25, -0.2) is 0 Å². The molecule has 70 valence electrons. The van der Waals surface area contributed by atoms with Crippen LogP contribution in [0.25, 0.3) is 0 Å². The van der Waals surface area contributed by atoms with E-state index in [4.69, 9.17) is 5.73 Å². The maximum Gasteiger partial charge on any atom is 0.00222 e. The summed E-state index contributed by atoms with van der Waals surface area (Å²) in [5.74, 6) is 0.758. The largest absolute Gasteiger partial charge is 0.330 e. The Morgan fingerprint density at radius 1 is 1.58 bits per heavy atom. The van der Waals surface area contributed by atoms with Crippen LogP contribution in [-0.4, -0.2) is 31.1 Å². The van der Waals surface area contributed by atoms with Crippen molar-refractivity contribution in [1.82, 2.24) is 4.90 Å². The molecule has 0 bridgehead atoms. The molecule has 12 heavy (non-hydrogen) atoms. The van der Waals surface area contributed by atoms with Gasteiger partial charge in [-0.15, -0.1) is 6.58 Å². The minimum Gasteiger partial charge on any atom is -0.330 e. The number of nitrogens with two attached hydrogens (primary N) is 1. The van der Waals surface area contributed by atoms with Crippen molar-refractivity contribution in [2.75, 3.05) is 26.2 Å². The van der Waals surface area contributed by atoms with Gasteiger partial charge in [0.15, 0.2) is 0 Å². The third-order valence-corrected chi connectivity index (χ3v) is 2.59. The summed E-state index contributed by atoms with van der Waals surface area (Å²) in [6.07, 6.45) is 5.69. The second-order valence-corrected chi connectivity index (χ2v) is 3.62. The maximum atomic E-state index is 5.61. The van der Waals surface area contributed by atoms with E-state index < -0.39 is 0 Å². The van der Waals surface area contributed by atoms with Gasteiger partial charge >= 0.3 is 0 Å². The lowest BCUT2D eigenvalue weighted by molar-refractivity contribution is 0.322. The third-order valence-electron chi connectivity index (χ3n) is 2.59. The quantitative estimate of drug-likeness (QED) is 0.494. The average molecular weight is 168 g/mol. The van der Waals surface area contributed by atoms with Crippen molar-refractivity contribution >= 4 is 0 Å². The molecule has 0 aliphatic carbocycles. The minimum absolute atomic E-state index is 0.758. The SMILES string of the molecule is C=CCCCN1CCC(CN)C1. The summed E-state index contributed by atoms with van der Waals surface area (Å²) in [5.41, 5.74) is 5.61. The van der Waals surface area contributed by atoms with Crippen LogP contribution in [0.2, 0.25) is 0 Å². The monoisotopic (exact) mass is 168 g/mol. The van der Waals surface area contributed by atoms with Crippen molar-refractivity contribution in [3.8, 4) is 0 Å². The van der Waals surface area contributed by atoms with Crippen molar-refractivity contribution in [1.29, 1.82) is 0 Å². The van der Waals surface area contributed by atoms with E-state index in [0.29, 0.717) is 0 Å². The van der Waals surface area contributed by atoms with Gasteiger partial charge in [0.2, 0.25) is 0 Å². The number of nitrogens with zero attached hydrogens (tertiary/aromatic N) is 1. The molecule has 1 unspecified atom stereocenters. The molecule has 1 aliphatic heterocycles. The molecule has 0 amide bonds. The fourth-order valence-electron chi connectivity index (χ4n) is 1.77. The Labute approximate surface area is 75.4 Å². The van der Waals surface area contributed by atoms with Crippen LogP contribution in [0, 0.1) is 5.92 Å². The first-order chi connectivity index (χ1) is 5.86. The summed E-state index contributed by atoms with van der Waals surface area (Å²) in [5, 5.41) is 0. The van der Waals surface area contributed by atoms with E-state index in [0.717, 1.165) is 18.9 Å². The highest BCUT2D eigenvalue weighted by molar-refractivity contribution is 4.76. The van der Waals surface area contributed by atoms with Crippen LogP contribution in [0.5, 0.6) is 0 Å². The molecule has 0 radical (unpaired) electrons. The molecule has 0 aromatic carbocycles. The molecular formula is C10H20N2. The first-order valence-electron chi connectivity index (χ1n) is 4.90. The molecule has 1 fully saturated rings. The molecule has 2 nitrogen and oxygen atoms in total. The first kappa shape index (κ1) is 9.75. The summed E-state index contributed by atoms with van der Waals surface area (Å²) in [7, 11) is 0. The van der Waals surface area contributed by atoms with E-state index in [1.165, 1.54) is 32.5 Å². The van der Waals surface area contributed by atoms with Gasteiger partial charge in [-0.3, -0.25) is 0 Å². The molecule has 1 rings (SSSR count). The number of unbranched alkanes of at least 4 members (excludes halogenated alkanes) is 1. The van der Waals surface area contributed by atoms with E-state index in [9.17, 15) is 0 Å². The van der Waals surface area contributed by atoms with Gasteiger partial charge in [0.05, 0.1) is 0 Å². The Hall–Kier alpha value is -0.340. The zero-order valence-electron chi connectivity index (χ0n) is 7.84. The van der Waals surface area contributed by atoms with Gasteiger partial charge in [0.1, 0.15) is 0 Å². The van der Waals surface area contributed by atoms with Crippen LogP contribution in [0.4, 0.5) is 0 Å². The van der Waals surface area contributed by atoms with Crippen LogP contribution >= 0.6 is 0 Å². The molecule has 1 saturated heterocycles. The molecule has 1 atom stereocenters. The zero-order valence-corrected chi connectivity index (χ0v) is 7.84. The van der Waals surface area contributed by atoms with E-state index in [2.05, 4.69) is 11.5 Å². The van der Waals surface area contributed by atoms with Gasteiger partial charge < -0.3 is 10.6 Å². The van der Waals surface area contributed by atoms with E-state index in [1.54, 1.807) is 0 Å². The van der Waals surface area contributed by atoms with Crippen LogP contribution in [0.1, 0.15) is 19.3 Å². The first-order valence-corrected chi connectivity index (χ1v) is 4.90. The molecule has 1 aliphatic rings. The smallest absolute Gasteiger partial charge is 0.00222 e. The van der Waals surface area contributed by atoms with Crippen molar-refractivity contribution in [3.63, 3.8) is 0 Å². The Morgan fingerprint density at radius 3 is 3.00 bits per heavy atom. The fourth-order valence-corrected chi connectivity index (χ4v) is 1.77. The summed E-state index contributed by atoms with van der Waals surface area (Å²) < 4.78 is 0. The standard InChI is InChI=1S/C10H20N2/c1-2-3-4-6-12-7-5-10(8-11)9-12/h2,10H,1,3-9,11H2. The predicted molar refractivity (Wildman–Crippen MR) is 53.0 cm³/mol. The Bertz CT molecular complexity index is 134. The van der Waals surface area contributed by atoms with Crippen LogP contribution < -0.4 is 5.73 Å². The number of likely N-dealkylation sites (tertiary alicyclic amines) is 1. The Balaban J connectivity index is 2.06. The molecule has 1 heterocycles. The van der Waals surface area contributed by atoms with Gasteiger partial charge in [-0.2, -0.15) is 0 Å². The predicted octanol–water partition coefficient (Wildman–Crippen LogP) is 1.23. The lowest BCUT2D eigenvalue weighted by Crippen LogP contribution is -2.24. The number of hydrogen-bond donors (Lipinski definition) is 1. The van der Waals surface area contributed by atoms with Gasteiger partial charge in [0, 0.05) is 6.54 Å². The number of rotatable bonds is 5. The third kappa shape index (κ3) is 2.95. The van der Waals surface area contributed by atoms with Crippen molar-refractivity contribution in [3.05, 3.63) is 12.7 Å². The van der Waals surface area contributed by atoms with E-state index in [-0.39, 0.29) is 0 Å². The Morgan fingerprint density at radius 2 is 2.42 bits per heavy atom. The maximum absolute atomic E-state index is 5.61. The molecule has 2 N–H and O–H groups in total. The summed E-state index contributed by atoms with van der Waals surface area (Å²) in [6, 6.07) is 0. The lowest BCUT2D eigenvalue weighted by Gasteiger charge is -2.14. The second kappa shape index (κ2) is 5.33. The highest BCUT2D eigenvalue weighted by Crippen LogP contribution is 2.14. The van der Waals surface area contributed by atoms with Crippen LogP contribution in [0.3, 0.4) is 0 Å². The number of allylic oxidation sites excluding steroid dienone is 1. The molecule has 0 aromatic rings. The summed E-state index contributed by atoms with van der Waals surface area (Å²) in [6.45, 7) is 8.27. The molecule has 0 aromatic heterocycles. The van der Waals surface area contributed by atoms with E-state index >= 15 is 0 Å². The normalized spacial score (nSPS) is 24.6. The van der Waals surface area contributed by atoms with Crippen molar-refractivity contribution < 1.29 is 0 Å². The second-order valence-electron chi connectivity index (χ2n) is 3.62. The fraction of sp³-hybridized carbons (Fsp3) is 0.800. The molecular weight excluding hydrogens is 148 g/mol. The highest BCUT2D eigenvalue weighted by atomic mass is 15.1. The van der Waals surface area contributed by atoms with Crippen LogP contribution in [0.15, 0.2) is 12.7 Å². The Kier molecular flexibility index (Phi) is 4.33. The highest BCUT2D eigenvalue weighted by Gasteiger charge is 2.19. The summed E-state index contributed by atoms with van der Waals surface area (Å²) >= 11 is 0. The molecule has 0 saturated carbocycles. The van der Waals surface area contributed by atoms with Gasteiger partial charge in [-0.05, 0) is 44.8 Å². The average Bonchev–Trinajstić information content (AvgIpc) is 2.53. The molecule has 2 heteroatoms. The lowest BCUT2D eigenvalue weighted by atomic mass is 10.1. The summed E-state index contributed by atoms with van der Waals surface area (Å²) in [4.78, 5) is 2.51. The zero-order chi connectivity index (χ0) is 8.81. The number of hydrogen-bond acceptors (Lipinski definition) is 2. The van der Waals surface area contributed by atoms with Gasteiger partial charge in [-0.1, -0.05) is 6.08 Å². The van der Waals surface area contributed by atoms with Crippen molar-refractivity contribution in [2.24, 2.45) is 11.7 Å². The van der Waals surface area contributed by atoms with E-state index in [1.807, 2.05) is 6.08 Å².